The number of benzene rings is 1. The summed E-state index contributed by atoms with van der Waals surface area (Å²) < 4.78 is 0. The van der Waals surface area contributed by atoms with Gasteiger partial charge in [-0.3, -0.25) is 4.99 Å². The Kier molecular flexibility index (Phi) is 10.9. The number of aromatic nitrogens is 1. The van der Waals surface area contributed by atoms with Crippen LogP contribution in [-0.4, -0.2) is 48.7 Å². The summed E-state index contributed by atoms with van der Waals surface area (Å²) in [5.41, 5.74) is 2.25. The zero-order valence-electron chi connectivity index (χ0n) is 20.8. The summed E-state index contributed by atoms with van der Waals surface area (Å²) in [4.78, 5) is 12.0. The van der Waals surface area contributed by atoms with Crippen LogP contribution in [-0.2, 0) is 0 Å². The minimum absolute atomic E-state index is 0. The molecular weight excluding hydrogens is 523 g/mol. The van der Waals surface area contributed by atoms with Gasteiger partial charge in [-0.15, -0.1) is 24.0 Å². The smallest absolute Gasteiger partial charge is 0.191 e. The van der Waals surface area contributed by atoms with Gasteiger partial charge in [-0.2, -0.15) is 0 Å². The Bertz CT molecular complexity index is 862. The number of halogens is 1. The van der Waals surface area contributed by atoms with E-state index in [1.165, 1.54) is 5.56 Å². The quantitative estimate of drug-likeness (QED) is 0.247. The highest BCUT2D eigenvalue weighted by molar-refractivity contribution is 14.0. The monoisotopic (exact) mass is 564 g/mol. The fourth-order valence-corrected chi connectivity index (χ4v) is 4.20. The molecule has 2 aromatic rings. The van der Waals surface area contributed by atoms with Gasteiger partial charge in [0.15, 0.2) is 5.96 Å². The highest BCUT2D eigenvalue weighted by Crippen LogP contribution is 2.19. The van der Waals surface area contributed by atoms with E-state index in [9.17, 15) is 0 Å². The number of aryl methyl sites for hydroxylation is 1. The summed E-state index contributed by atoms with van der Waals surface area (Å²) >= 11 is 0. The van der Waals surface area contributed by atoms with Crippen molar-refractivity contribution in [1.82, 2.24) is 20.9 Å². The molecule has 1 aliphatic rings. The van der Waals surface area contributed by atoms with Crippen molar-refractivity contribution >= 4 is 35.8 Å². The molecule has 1 aromatic carbocycles. The number of piperidine rings is 1. The Morgan fingerprint density at radius 1 is 1.12 bits per heavy atom. The molecule has 1 fully saturated rings. The lowest BCUT2D eigenvalue weighted by Crippen LogP contribution is -2.50. The number of anilines is 1. The predicted molar refractivity (Wildman–Crippen MR) is 151 cm³/mol. The van der Waals surface area contributed by atoms with Crippen LogP contribution in [0.4, 0.5) is 5.82 Å². The van der Waals surface area contributed by atoms with Crippen molar-refractivity contribution in [3.63, 3.8) is 0 Å². The fraction of sp³-hybridized carbons (Fsp3) is 0.538. The summed E-state index contributed by atoms with van der Waals surface area (Å²) in [6.07, 6.45) is 2.15. The van der Waals surface area contributed by atoms with E-state index in [0.29, 0.717) is 12.6 Å². The summed E-state index contributed by atoms with van der Waals surface area (Å²) in [7, 11) is 0. The second kappa shape index (κ2) is 13.1. The first-order valence-electron chi connectivity index (χ1n) is 11.9. The van der Waals surface area contributed by atoms with Crippen molar-refractivity contribution in [1.29, 1.82) is 0 Å². The third kappa shape index (κ3) is 8.77. The highest BCUT2D eigenvalue weighted by Gasteiger charge is 2.23. The van der Waals surface area contributed by atoms with E-state index >= 15 is 0 Å². The SMILES string of the molecule is CCNC(=NCC(C)(C)NC(C)c1ccccc1)NC1CCN(c2cccc(C)n2)CC1.I. The van der Waals surface area contributed by atoms with Gasteiger partial charge in [0.25, 0.3) is 0 Å². The molecule has 1 aromatic heterocycles. The van der Waals surface area contributed by atoms with Crippen LogP contribution in [0.1, 0.15) is 57.8 Å². The molecule has 1 aliphatic heterocycles. The second-order valence-corrected chi connectivity index (χ2v) is 9.40. The molecule has 7 heteroatoms. The van der Waals surface area contributed by atoms with Gasteiger partial charge in [-0.05, 0) is 65.2 Å². The van der Waals surface area contributed by atoms with Gasteiger partial charge in [0, 0.05) is 43.0 Å². The average molecular weight is 565 g/mol. The Labute approximate surface area is 217 Å². The van der Waals surface area contributed by atoms with E-state index < -0.39 is 0 Å². The van der Waals surface area contributed by atoms with E-state index in [4.69, 9.17) is 4.99 Å². The lowest BCUT2D eigenvalue weighted by molar-refractivity contribution is 0.356. The lowest BCUT2D eigenvalue weighted by Gasteiger charge is -2.34. The van der Waals surface area contributed by atoms with Crippen molar-refractivity contribution in [2.45, 2.75) is 65.1 Å². The molecule has 0 amide bonds. The zero-order valence-corrected chi connectivity index (χ0v) is 23.1. The third-order valence-electron chi connectivity index (χ3n) is 5.92. The number of hydrogen-bond donors (Lipinski definition) is 3. The van der Waals surface area contributed by atoms with Crippen LogP contribution < -0.4 is 20.9 Å². The second-order valence-electron chi connectivity index (χ2n) is 9.40. The molecule has 0 aliphatic carbocycles. The molecule has 0 saturated carbocycles. The van der Waals surface area contributed by atoms with Crippen LogP contribution in [0.25, 0.3) is 0 Å². The minimum Gasteiger partial charge on any atom is -0.357 e. The minimum atomic E-state index is -0.113. The number of hydrogen-bond acceptors (Lipinski definition) is 4. The molecule has 6 nitrogen and oxygen atoms in total. The number of nitrogens with zero attached hydrogens (tertiary/aromatic N) is 3. The van der Waals surface area contributed by atoms with Crippen LogP contribution in [0.5, 0.6) is 0 Å². The first kappa shape index (κ1) is 27.4. The normalized spacial score (nSPS) is 16.2. The van der Waals surface area contributed by atoms with Crippen LogP contribution in [0.3, 0.4) is 0 Å². The molecule has 1 saturated heterocycles. The van der Waals surface area contributed by atoms with Gasteiger partial charge in [-0.25, -0.2) is 4.98 Å². The Balaban J connectivity index is 0.00000385. The molecule has 182 valence electrons. The molecule has 3 N–H and O–H groups in total. The summed E-state index contributed by atoms with van der Waals surface area (Å²) in [6, 6.07) is 17.5. The summed E-state index contributed by atoms with van der Waals surface area (Å²) in [5, 5.41) is 10.8. The van der Waals surface area contributed by atoms with Crippen molar-refractivity contribution in [3.05, 3.63) is 59.8 Å². The maximum atomic E-state index is 4.92. The molecule has 0 radical (unpaired) electrons. The van der Waals surface area contributed by atoms with Crippen LogP contribution in [0.15, 0.2) is 53.5 Å². The number of aliphatic imine (C=N–C) groups is 1. The van der Waals surface area contributed by atoms with E-state index in [0.717, 1.165) is 49.9 Å². The van der Waals surface area contributed by atoms with Crippen LogP contribution in [0, 0.1) is 6.92 Å². The van der Waals surface area contributed by atoms with Gasteiger partial charge in [0.1, 0.15) is 5.82 Å². The zero-order chi connectivity index (χ0) is 23.0. The van der Waals surface area contributed by atoms with Gasteiger partial charge < -0.3 is 20.9 Å². The van der Waals surface area contributed by atoms with Crippen LogP contribution >= 0.6 is 24.0 Å². The van der Waals surface area contributed by atoms with Gasteiger partial charge in [0.05, 0.1) is 6.54 Å². The molecule has 1 atom stereocenters. The number of nitrogens with one attached hydrogen (secondary N) is 3. The predicted octanol–water partition coefficient (Wildman–Crippen LogP) is 4.66. The molecule has 1 unspecified atom stereocenters. The Morgan fingerprint density at radius 3 is 2.45 bits per heavy atom. The van der Waals surface area contributed by atoms with Gasteiger partial charge >= 0.3 is 0 Å². The first-order chi connectivity index (χ1) is 15.4. The topological polar surface area (TPSA) is 64.6 Å². The van der Waals surface area contributed by atoms with Crippen molar-refractivity contribution in [2.75, 3.05) is 31.1 Å². The molecular formula is C26H41IN6. The molecule has 2 heterocycles. The van der Waals surface area contributed by atoms with E-state index in [2.05, 4.69) is 96.0 Å². The Morgan fingerprint density at radius 2 is 1.82 bits per heavy atom. The molecule has 33 heavy (non-hydrogen) atoms. The van der Waals surface area contributed by atoms with Crippen molar-refractivity contribution in [2.24, 2.45) is 4.99 Å². The largest absolute Gasteiger partial charge is 0.357 e. The molecule has 0 bridgehead atoms. The highest BCUT2D eigenvalue weighted by atomic mass is 127. The van der Waals surface area contributed by atoms with Crippen LogP contribution in [0.2, 0.25) is 0 Å². The maximum absolute atomic E-state index is 4.92. The number of guanidine groups is 1. The van der Waals surface area contributed by atoms with E-state index in [-0.39, 0.29) is 35.6 Å². The average Bonchev–Trinajstić information content (AvgIpc) is 2.78. The Hall–Kier alpha value is -1.87. The summed E-state index contributed by atoms with van der Waals surface area (Å²) in [6.45, 7) is 14.4. The maximum Gasteiger partial charge on any atom is 0.191 e. The number of pyridine rings is 1. The third-order valence-corrected chi connectivity index (χ3v) is 5.92. The van der Waals surface area contributed by atoms with Crippen molar-refractivity contribution < 1.29 is 0 Å². The summed E-state index contributed by atoms with van der Waals surface area (Å²) in [5.74, 6) is 1.99. The number of rotatable bonds is 8. The van der Waals surface area contributed by atoms with Gasteiger partial charge in [0.2, 0.25) is 0 Å². The van der Waals surface area contributed by atoms with Crippen molar-refractivity contribution in [3.8, 4) is 0 Å². The first-order valence-corrected chi connectivity index (χ1v) is 11.9. The standard InChI is InChI=1S/C26H40N6.HI/c1-6-27-25(28-19-26(4,5)31-21(3)22-12-8-7-9-13-22)30-23-15-17-32(18-16-23)24-14-10-11-20(2)29-24;/h7-14,21,23,31H,6,15-19H2,1-5H3,(H2,27,28,30);1H. The van der Waals surface area contributed by atoms with Gasteiger partial charge in [-0.1, -0.05) is 36.4 Å². The molecule has 0 spiro atoms. The molecule has 3 rings (SSSR count). The fourth-order valence-electron chi connectivity index (χ4n) is 4.20. The van der Waals surface area contributed by atoms with E-state index in [1.807, 2.05) is 13.0 Å². The lowest BCUT2D eigenvalue weighted by atomic mass is 10.0. The van der Waals surface area contributed by atoms with E-state index in [1.54, 1.807) is 0 Å².